The molecular formula is C18H16ClFN2O4. The van der Waals surface area contributed by atoms with E-state index in [0.29, 0.717) is 26.3 Å². The van der Waals surface area contributed by atoms with E-state index >= 15 is 0 Å². The average Bonchev–Trinajstić information content (AvgIpc) is 2.66. The van der Waals surface area contributed by atoms with Crippen LogP contribution in [0.25, 0.3) is 0 Å². The van der Waals surface area contributed by atoms with Gasteiger partial charge in [0.25, 0.3) is 11.5 Å². The van der Waals surface area contributed by atoms with E-state index in [1.54, 1.807) is 0 Å². The molecule has 1 aliphatic heterocycles. The van der Waals surface area contributed by atoms with Crippen LogP contribution in [0.4, 0.5) is 4.39 Å². The highest BCUT2D eigenvalue weighted by Crippen LogP contribution is 2.19. The van der Waals surface area contributed by atoms with Crippen LogP contribution in [0.3, 0.4) is 0 Å². The fraction of sp³-hybridized carbons (Fsp3) is 0.278. The molecule has 136 valence electrons. The molecule has 1 fully saturated rings. The van der Waals surface area contributed by atoms with Crippen molar-refractivity contribution >= 4 is 23.3 Å². The summed E-state index contributed by atoms with van der Waals surface area (Å²) in [5, 5.41) is 0.219. The maximum Gasteiger partial charge on any atom is 0.254 e. The molecule has 0 saturated carbocycles. The monoisotopic (exact) mass is 378 g/mol. The fourth-order valence-corrected chi connectivity index (χ4v) is 2.93. The highest BCUT2D eigenvalue weighted by Gasteiger charge is 2.34. The predicted molar refractivity (Wildman–Crippen MR) is 92.9 cm³/mol. The van der Waals surface area contributed by atoms with Gasteiger partial charge < -0.3 is 9.64 Å². The van der Waals surface area contributed by atoms with Crippen LogP contribution in [-0.2, 0) is 9.53 Å². The number of Topliss-reactive ketones (excluding diaryl/α,β-unsaturated/α-hetero) is 1. The van der Waals surface area contributed by atoms with Crippen molar-refractivity contribution in [2.24, 2.45) is 0 Å². The van der Waals surface area contributed by atoms with Crippen LogP contribution in [0.15, 0.2) is 47.4 Å². The number of halogens is 2. The van der Waals surface area contributed by atoms with Gasteiger partial charge in [0.15, 0.2) is 11.8 Å². The van der Waals surface area contributed by atoms with Crippen LogP contribution in [0.2, 0.25) is 5.02 Å². The smallest absolute Gasteiger partial charge is 0.254 e. The Kier molecular flexibility index (Phi) is 5.49. The van der Waals surface area contributed by atoms with Gasteiger partial charge in [0.1, 0.15) is 5.82 Å². The number of ketones is 1. The van der Waals surface area contributed by atoms with Gasteiger partial charge in [-0.25, -0.2) is 4.39 Å². The Morgan fingerprint density at radius 1 is 1.08 bits per heavy atom. The number of hydrogen-bond acceptors (Lipinski definition) is 4. The summed E-state index contributed by atoms with van der Waals surface area (Å²) in [6, 6.07) is 6.00. The lowest BCUT2D eigenvalue weighted by Gasteiger charge is -2.30. The summed E-state index contributed by atoms with van der Waals surface area (Å²) < 4.78 is 19.4. The topological polar surface area (TPSA) is 68.6 Å². The number of aromatic nitrogens is 1. The van der Waals surface area contributed by atoms with Gasteiger partial charge >= 0.3 is 0 Å². The molecule has 1 aliphatic rings. The summed E-state index contributed by atoms with van der Waals surface area (Å²) in [5.74, 6) is -1.63. The van der Waals surface area contributed by atoms with Gasteiger partial charge in [0, 0.05) is 30.9 Å². The van der Waals surface area contributed by atoms with E-state index in [1.165, 1.54) is 35.4 Å². The maximum atomic E-state index is 13.2. The highest BCUT2D eigenvalue weighted by molar-refractivity contribution is 6.30. The molecule has 0 radical (unpaired) electrons. The number of rotatable bonds is 4. The number of nitrogens with zero attached hydrogens (tertiary/aromatic N) is 2. The minimum atomic E-state index is -1.41. The lowest BCUT2D eigenvalue weighted by atomic mass is 10.0. The van der Waals surface area contributed by atoms with Gasteiger partial charge in [-0.1, -0.05) is 11.6 Å². The molecule has 26 heavy (non-hydrogen) atoms. The Hall–Kier alpha value is -2.51. The quantitative estimate of drug-likeness (QED) is 0.602. The Balaban J connectivity index is 2.04. The van der Waals surface area contributed by atoms with Gasteiger partial charge in [0.2, 0.25) is 0 Å². The molecule has 1 amide bonds. The van der Waals surface area contributed by atoms with Crippen LogP contribution >= 0.6 is 11.6 Å². The molecule has 0 spiro atoms. The van der Waals surface area contributed by atoms with Crippen molar-refractivity contribution in [1.82, 2.24) is 9.47 Å². The van der Waals surface area contributed by atoms with Crippen molar-refractivity contribution in [2.45, 2.75) is 6.04 Å². The fourth-order valence-electron chi connectivity index (χ4n) is 2.76. The lowest BCUT2D eigenvalue weighted by Crippen LogP contribution is -2.48. The lowest BCUT2D eigenvalue weighted by molar-refractivity contribution is -0.137. The predicted octanol–water partition coefficient (Wildman–Crippen LogP) is 1.92. The number of benzene rings is 1. The summed E-state index contributed by atoms with van der Waals surface area (Å²) >= 11 is 5.96. The first kappa shape index (κ1) is 18.3. The summed E-state index contributed by atoms with van der Waals surface area (Å²) in [6.45, 7) is 1.35. The van der Waals surface area contributed by atoms with Gasteiger partial charge in [0.05, 0.1) is 18.2 Å². The minimum Gasteiger partial charge on any atom is -0.378 e. The number of morpholine rings is 1. The third kappa shape index (κ3) is 3.84. The molecule has 2 heterocycles. The molecule has 1 aromatic heterocycles. The van der Waals surface area contributed by atoms with Gasteiger partial charge in [-0.15, -0.1) is 0 Å². The SMILES string of the molecule is O=C(c1ccc(F)cc1)[C@@H](C(=O)N1CCOCC1)n1cc(Cl)ccc1=O. The van der Waals surface area contributed by atoms with Crippen molar-refractivity contribution in [3.05, 3.63) is 69.4 Å². The van der Waals surface area contributed by atoms with E-state index in [1.807, 2.05) is 0 Å². The summed E-state index contributed by atoms with van der Waals surface area (Å²) in [4.78, 5) is 39.8. The van der Waals surface area contributed by atoms with E-state index in [9.17, 15) is 18.8 Å². The number of carbonyl (C=O) groups is 2. The van der Waals surface area contributed by atoms with Gasteiger partial charge in [-0.2, -0.15) is 0 Å². The highest BCUT2D eigenvalue weighted by atomic mass is 35.5. The molecule has 0 aliphatic carbocycles. The van der Waals surface area contributed by atoms with E-state index in [0.717, 1.165) is 16.7 Å². The molecule has 0 N–H and O–H groups in total. The summed E-state index contributed by atoms with van der Waals surface area (Å²) in [5.41, 5.74) is -0.402. The molecule has 8 heteroatoms. The largest absolute Gasteiger partial charge is 0.378 e. The number of hydrogen-bond donors (Lipinski definition) is 0. The second kappa shape index (κ2) is 7.80. The second-order valence-electron chi connectivity index (χ2n) is 5.80. The van der Waals surface area contributed by atoms with Gasteiger partial charge in [-0.05, 0) is 30.3 Å². The number of carbonyl (C=O) groups excluding carboxylic acids is 2. The third-order valence-electron chi connectivity index (χ3n) is 4.11. The van der Waals surface area contributed by atoms with E-state index in [2.05, 4.69) is 0 Å². The number of ether oxygens (including phenoxy) is 1. The molecule has 1 atom stereocenters. The zero-order valence-electron chi connectivity index (χ0n) is 13.7. The van der Waals surface area contributed by atoms with Crippen LogP contribution in [-0.4, -0.2) is 47.5 Å². The Labute approximate surface area is 153 Å². The maximum absolute atomic E-state index is 13.2. The Bertz CT molecular complexity index is 876. The first-order valence-electron chi connectivity index (χ1n) is 8.01. The molecule has 1 saturated heterocycles. The summed E-state index contributed by atoms with van der Waals surface area (Å²) in [6.07, 6.45) is 1.26. The zero-order valence-corrected chi connectivity index (χ0v) is 14.5. The molecule has 0 bridgehead atoms. The normalized spacial score (nSPS) is 15.5. The van der Waals surface area contributed by atoms with E-state index in [4.69, 9.17) is 16.3 Å². The molecule has 6 nitrogen and oxygen atoms in total. The first-order chi connectivity index (χ1) is 12.5. The molecule has 1 aromatic carbocycles. The van der Waals surface area contributed by atoms with Crippen molar-refractivity contribution in [3.63, 3.8) is 0 Å². The second-order valence-corrected chi connectivity index (χ2v) is 6.24. The zero-order chi connectivity index (χ0) is 18.7. The number of amides is 1. The molecule has 3 rings (SSSR count). The average molecular weight is 379 g/mol. The van der Waals surface area contributed by atoms with Crippen LogP contribution in [0, 0.1) is 5.82 Å². The van der Waals surface area contributed by atoms with Crippen LogP contribution in [0.1, 0.15) is 16.4 Å². The van der Waals surface area contributed by atoms with Crippen LogP contribution < -0.4 is 5.56 Å². The van der Waals surface area contributed by atoms with Crippen LogP contribution in [0.5, 0.6) is 0 Å². The molecule has 0 unspecified atom stereocenters. The molecular weight excluding hydrogens is 363 g/mol. The Morgan fingerprint density at radius 2 is 1.73 bits per heavy atom. The standard InChI is InChI=1S/C18H16ClFN2O4/c19-13-3-6-15(23)22(11-13)16(18(25)21-7-9-26-10-8-21)17(24)12-1-4-14(20)5-2-12/h1-6,11,16H,7-10H2/t16-/m0/s1. The van der Waals surface area contributed by atoms with Crippen molar-refractivity contribution in [3.8, 4) is 0 Å². The summed E-state index contributed by atoms with van der Waals surface area (Å²) in [7, 11) is 0. The third-order valence-corrected chi connectivity index (χ3v) is 4.34. The number of pyridine rings is 1. The van der Waals surface area contributed by atoms with E-state index < -0.39 is 29.1 Å². The van der Waals surface area contributed by atoms with Crippen molar-refractivity contribution in [1.29, 1.82) is 0 Å². The van der Waals surface area contributed by atoms with Gasteiger partial charge in [-0.3, -0.25) is 19.0 Å². The molecule has 2 aromatic rings. The minimum absolute atomic E-state index is 0.130. The van der Waals surface area contributed by atoms with Crippen molar-refractivity contribution < 1.29 is 18.7 Å². The first-order valence-corrected chi connectivity index (χ1v) is 8.39. The van der Waals surface area contributed by atoms with E-state index in [-0.39, 0.29) is 10.6 Å². The Morgan fingerprint density at radius 3 is 2.38 bits per heavy atom. The van der Waals surface area contributed by atoms with Crippen molar-refractivity contribution in [2.75, 3.05) is 26.3 Å².